The van der Waals surface area contributed by atoms with E-state index < -0.39 is 6.10 Å². The van der Waals surface area contributed by atoms with E-state index >= 15 is 0 Å². The number of esters is 3. The molecule has 0 saturated heterocycles. The summed E-state index contributed by atoms with van der Waals surface area (Å²) in [4.78, 5) is 37.9. The van der Waals surface area contributed by atoms with Crippen molar-refractivity contribution < 1.29 is 28.6 Å². The molecule has 0 rings (SSSR count). The zero-order valence-electron chi connectivity index (χ0n) is 39.5. The van der Waals surface area contributed by atoms with E-state index in [0.29, 0.717) is 19.3 Å². The first-order valence-corrected chi connectivity index (χ1v) is 25.9. The minimum Gasteiger partial charge on any atom is -0.462 e. The molecule has 0 amide bonds. The molecule has 0 fully saturated rings. The van der Waals surface area contributed by atoms with Gasteiger partial charge in [0.05, 0.1) is 0 Å². The standard InChI is InChI=1S/C52H100O6/c1-5-8-10-12-14-16-18-20-22-23-25-27-29-31-37-41-45-52(55)58-49(47-57-51(54)44-40-36-33-32-34-38-42-48(4)7-3)46-56-50(53)43-39-35-30-28-26-24-21-19-17-15-13-11-9-6-2/h48-49H,5-47H2,1-4H3/t48?,49-/m0/s1. The van der Waals surface area contributed by atoms with E-state index in [1.807, 2.05) is 0 Å². The molecule has 1 unspecified atom stereocenters. The van der Waals surface area contributed by atoms with Gasteiger partial charge in [-0.15, -0.1) is 0 Å². The summed E-state index contributed by atoms with van der Waals surface area (Å²) in [5.41, 5.74) is 0. The van der Waals surface area contributed by atoms with Crippen molar-refractivity contribution in [3.05, 3.63) is 0 Å². The van der Waals surface area contributed by atoms with Crippen LogP contribution in [0.2, 0.25) is 0 Å². The number of carbonyl (C=O) groups excluding carboxylic acids is 3. The van der Waals surface area contributed by atoms with Crippen molar-refractivity contribution in [3.8, 4) is 0 Å². The SMILES string of the molecule is CCCCCCCCCCCCCCCCCCC(=O)O[C@@H](COC(=O)CCCCCCCCCCCCCCCC)COC(=O)CCCCCCCCC(C)CC. The highest BCUT2D eigenvalue weighted by Gasteiger charge is 2.19. The number of ether oxygens (including phenoxy) is 3. The zero-order chi connectivity index (χ0) is 42.4. The summed E-state index contributed by atoms with van der Waals surface area (Å²) in [7, 11) is 0. The van der Waals surface area contributed by atoms with E-state index in [2.05, 4.69) is 27.7 Å². The van der Waals surface area contributed by atoms with Crippen LogP contribution in [-0.4, -0.2) is 37.2 Å². The second-order valence-electron chi connectivity index (χ2n) is 18.1. The Morgan fingerprint density at radius 2 is 0.603 bits per heavy atom. The summed E-state index contributed by atoms with van der Waals surface area (Å²) in [5.74, 6) is -0.0329. The second kappa shape index (κ2) is 46.5. The average Bonchev–Trinajstić information content (AvgIpc) is 3.22. The smallest absolute Gasteiger partial charge is 0.306 e. The summed E-state index contributed by atoms with van der Waals surface area (Å²) >= 11 is 0. The number of hydrogen-bond acceptors (Lipinski definition) is 6. The van der Waals surface area contributed by atoms with Crippen LogP contribution in [0.3, 0.4) is 0 Å². The Hall–Kier alpha value is -1.59. The van der Waals surface area contributed by atoms with E-state index in [4.69, 9.17) is 14.2 Å². The highest BCUT2D eigenvalue weighted by atomic mass is 16.6. The van der Waals surface area contributed by atoms with Gasteiger partial charge in [-0.25, -0.2) is 0 Å². The van der Waals surface area contributed by atoms with Gasteiger partial charge >= 0.3 is 17.9 Å². The molecule has 2 atom stereocenters. The lowest BCUT2D eigenvalue weighted by atomic mass is 10.00. The highest BCUT2D eigenvalue weighted by Crippen LogP contribution is 2.17. The van der Waals surface area contributed by atoms with Crippen molar-refractivity contribution in [2.45, 2.75) is 297 Å². The molecule has 58 heavy (non-hydrogen) atoms. The van der Waals surface area contributed by atoms with Crippen LogP contribution in [0, 0.1) is 5.92 Å². The maximum atomic E-state index is 12.8. The monoisotopic (exact) mass is 821 g/mol. The molecular weight excluding hydrogens is 721 g/mol. The fourth-order valence-electron chi connectivity index (χ4n) is 7.83. The van der Waals surface area contributed by atoms with E-state index in [-0.39, 0.29) is 31.1 Å². The van der Waals surface area contributed by atoms with Gasteiger partial charge in [0.15, 0.2) is 6.10 Å². The summed E-state index contributed by atoms with van der Waals surface area (Å²) < 4.78 is 16.8. The van der Waals surface area contributed by atoms with Crippen molar-refractivity contribution in [1.82, 2.24) is 0 Å². The quantitative estimate of drug-likeness (QED) is 0.0346. The highest BCUT2D eigenvalue weighted by molar-refractivity contribution is 5.71. The number of unbranched alkanes of at least 4 members (excludes halogenated alkanes) is 33. The first-order chi connectivity index (χ1) is 28.4. The molecule has 0 saturated carbocycles. The first-order valence-electron chi connectivity index (χ1n) is 25.9. The fraction of sp³-hybridized carbons (Fsp3) is 0.942. The molecule has 0 radical (unpaired) electrons. The molecule has 0 aromatic heterocycles. The van der Waals surface area contributed by atoms with E-state index in [9.17, 15) is 14.4 Å². The maximum Gasteiger partial charge on any atom is 0.306 e. The molecule has 0 aromatic carbocycles. The third-order valence-corrected chi connectivity index (χ3v) is 12.2. The maximum absolute atomic E-state index is 12.8. The lowest BCUT2D eigenvalue weighted by molar-refractivity contribution is -0.167. The molecule has 0 spiro atoms. The third-order valence-electron chi connectivity index (χ3n) is 12.2. The Morgan fingerprint density at radius 1 is 0.345 bits per heavy atom. The molecule has 344 valence electrons. The fourth-order valence-corrected chi connectivity index (χ4v) is 7.83. The van der Waals surface area contributed by atoms with Gasteiger partial charge in [0.2, 0.25) is 0 Å². The van der Waals surface area contributed by atoms with Crippen LogP contribution in [0.25, 0.3) is 0 Å². The van der Waals surface area contributed by atoms with Gasteiger partial charge in [-0.05, 0) is 25.2 Å². The van der Waals surface area contributed by atoms with Crippen LogP contribution in [0.5, 0.6) is 0 Å². The first kappa shape index (κ1) is 56.4. The van der Waals surface area contributed by atoms with Crippen LogP contribution >= 0.6 is 0 Å². The van der Waals surface area contributed by atoms with Crippen molar-refractivity contribution in [2.75, 3.05) is 13.2 Å². The third kappa shape index (κ3) is 44.0. The Bertz CT molecular complexity index is 874. The van der Waals surface area contributed by atoms with Crippen molar-refractivity contribution in [1.29, 1.82) is 0 Å². The van der Waals surface area contributed by atoms with Crippen LogP contribution in [0.15, 0.2) is 0 Å². The minimum atomic E-state index is -0.761. The molecule has 0 aliphatic rings. The number of carbonyl (C=O) groups is 3. The molecule has 6 heteroatoms. The lowest BCUT2D eigenvalue weighted by Gasteiger charge is -2.18. The number of rotatable bonds is 47. The lowest BCUT2D eigenvalue weighted by Crippen LogP contribution is -2.30. The average molecular weight is 821 g/mol. The summed E-state index contributed by atoms with van der Waals surface area (Å²) in [6.07, 6.45) is 48.0. The van der Waals surface area contributed by atoms with Gasteiger partial charge in [0, 0.05) is 19.3 Å². The minimum absolute atomic E-state index is 0.0634. The molecule has 6 nitrogen and oxygen atoms in total. The number of hydrogen-bond donors (Lipinski definition) is 0. The van der Waals surface area contributed by atoms with Crippen LogP contribution in [0.1, 0.15) is 291 Å². The van der Waals surface area contributed by atoms with E-state index in [1.54, 1.807) is 0 Å². The Labute approximate surface area is 361 Å². The van der Waals surface area contributed by atoms with Gasteiger partial charge < -0.3 is 14.2 Å². The second-order valence-corrected chi connectivity index (χ2v) is 18.1. The van der Waals surface area contributed by atoms with Crippen molar-refractivity contribution in [3.63, 3.8) is 0 Å². The molecule has 0 N–H and O–H groups in total. The van der Waals surface area contributed by atoms with Crippen molar-refractivity contribution >= 4 is 17.9 Å². The Kier molecular flexibility index (Phi) is 45.2. The van der Waals surface area contributed by atoms with Gasteiger partial charge in [-0.3, -0.25) is 14.4 Å². The predicted molar refractivity (Wildman–Crippen MR) is 247 cm³/mol. The molecule has 0 aliphatic carbocycles. The van der Waals surface area contributed by atoms with Gasteiger partial charge in [0.1, 0.15) is 13.2 Å². The van der Waals surface area contributed by atoms with E-state index in [0.717, 1.165) is 63.7 Å². The van der Waals surface area contributed by atoms with E-state index in [1.165, 1.54) is 186 Å². The Balaban J connectivity index is 4.29. The van der Waals surface area contributed by atoms with Crippen molar-refractivity contribution in [2.24, 2.45) is 5.92 Å². The summed E-state index contributed by atoms with van der Waals surface area (Å²) in [5, 5.41) is 0. The Morgan fingerprint density at radius 3 is 0.897 bits per heavy atom. The molecule has 0 aliphatic heterocycles. The van der Waals surface area contributed by atoms with Crippen LogP contribution in [0.4, 0.5) is 0 Å². The van der Waals surface area contributed by atoms with Gasteiger partial charge in [-0.1, -0.05) is 252 Å². The molecular formula is C52H100O6. The largest absolute Gasteiger partial charge is 0.462 e. The van der Waals surface area contributed by atoms with Gasteiger partial charge in [0.25, 0.3) is 0 Å². The zero-order valence-corrected chi connectivity index (χ0v) is 39.5. The predicted octanol–water partition coefficient (Wildman–Crippen LogP) is 16.7. The van der Waals surface area contributed by atoms with Crippen LogP contribution in [-0.2, 0) is 28.6 Å². The summed E-state index contributed by atoms with van der Waals surface area (Å²) in [6, 6.07) is 0. The topological polar surface area (TPSA) is 78.9 Å². The summed E-state index contributed by atoms with van der Waals surface area (Å²) in [6.45, 7) is 9.00. The van der Waals surface area contributed by atoms with Crippen LogP contribution < -0.4 is 0 Å². The molecule has 0 bridgehead atoms. The van der Waals surface area contributed by atoms with Gasteiger partial charge in [-0.2, -0.15) is 0 Å². The normalized spacial score (nSPS) is 12.4. The molecule has 0 heterocycles. The molecule has 0 aromatic rings.